The molecule has 124 valence electrons. The van der Waals surface area contributed by atoms with E-state index >= 15 is 0 Å². The SMILES string of the molecule is CCO[C@@H]1C[C@@H](N[C@@H](C)Cc2c(C)nn(C)c2C)C12CCC2. The maximum atomic E-state index is 5.95. The van der Waals surface area contributed by atoms with Crippen molar-refractivity contribution in [3.63, 3.8) is 0 Å². The van der Waals surface area contributed by atoms with E-state index in [2.05, 4.69) is 38.1 Å². The molecule has 2 fully saturated rings. The molecule has 1 aromatic heterocycles. The van der Waals surface area contributed by atoms with Gasteiger partial charge in [-0.2, -0.15) is 5.10 Å². The molecule has 1 N–H and O–H groups in total. The molecule has 1 spiro atoms. The Kier molecular flexibility index (Phi) is 4.34. The number of nitrogens with one attached hydrogen (secondary N) is 1. The molecule has 0 bridgehead atoms. The van der Waals surface area contributed by atoms with Crippen molar-refractivity contribution in [3.05, 3.63) is 17.0 Å². The molecule has 1 heterocycles. The third-order valence-electron chi connectivity index (χ3n) is 6.09. The second-order valence-corrected chi connectivity index (χ2v) is 7.36. The van der Waals surface area contributed by atoms with Crippen LogP contribution in [0, 0.1) is 19.3 Å². The maximum absolute atomic E-state index is 5.95. The van der Waals surface area contributed by atoms with Crippen LogP contribution in [0.4, 0.5) is 0 Å². The molecule has 3 rings (SSSR count). The van der Waals surface area contributed by atoms with Crippen molar-refractivity contribution >= 4 is 0 Å². The molecule has 0 unspecified atom stereocenters. The molecule has 2 aliphatic rings. The Morgan fingerprint density at radius 2 is 2.14 bits per heavy atom. The summed E-state index contributed by atoms with van der Waals surface area (Å²) in [6, 6.07) is 1.14. The summed E-state index contributed by atoms with van der Waals surface area (Å²) in [7, 11) is 2.03. The Morgan fingerprint density at radius 1 is 1.41 bits per heavy atom. The Labute approximate surface area is 134 Å². The summed E-state index contributed by atoms with van der Waals surface area (Å²) in [6.45, 7) is 9.57. The average Bonchev–Trinajstić information content (AvgIpc) is 2.62. The standard InChI is InChI=1S/C18H31N3O/c1-6-22-17-11-16(18(17)8-7-9-18)19-12(2)10-15-13(3)20-21(5)14(15)4/h12,16-17,19H,6-11H2,1-5H3/t12-,16+,17+/m0/s1. The van der Waals surface area contributed by atoms with Gasteiger partial charge in [0, 0.05) is 36.8 Å². The lowest BCUT2D eigenvalue weighted by atomic mass is 9.51. The third-order valence-corrected chi connectivity index (χ3v) is 6.09. The fraction of sp³-hybridized carbons (Fsp3) is 0.833. The Hall–Kier alpha value is -0.870. The van der Waals surface area contributed by atoms with Gasteiger partial charge in [0.05, 0.1) is 11.8 Å². The minimum atomic E-state index is 0.448. The smallest absolute Gasteiger partial charge is 0.0661 e. The first-order valence-corrected chi connectivity index (χ1v) is 8.84. The summed E-state index contributed by atoms with van der Waals surface area (Å²) in [5.74, 6) is 0. The highest BCUT2D eigenvalue weighted by atomic mass is 16.5. The van der Waals surface area contributed by atoms with Crippen LogP contribution in [0.5, 0.6) is 0 Å². The number of rotatable bonds is 6. The average molecular weight is 305 g/mol. The Bertz CT molecular complexity index is 533. The fourth-order valence-corrected chi connectivity index (χ4v) is 4.49. The van der Waals surface area contributed by atoms with E-state index in [1.165, 1.54) is 42.6 Å². The summed E-state index contributed by atoms with van der Waals surface area (Å²) < 4.78 is 7.95. The highest BCUT2D eigenvalue weighted by molar-refractivity contribution is 5.25. The third kappa shape index (κ3) is 2.50. The van der Waals surface area contributed by atoms with E-state index in [9.17, 15) is 0 Å². The summed E-state index contributed by atoms with van der Waals surface area (Å²) in [5, 5.41) is 8.43. The highest BCUT2D eigenvalue weighted by Crippen LogP contribution is 2.57. The van der Waals surface area contributed by atoms with E-state index in [0.717, 1.165) is 13.0 Å². The molecule has 0 aromatic carbocycles. The first kappa shape index (κ1) is 16.0. The first-order chi connectivity index (χ1) is 10.5. The lowest BCUT2D eigenvalue weighted by Gasteiger charge is -2.61. The molecule has 0 radical (unpaired) electrons. The predicted molar refractivity (Wildman–Crippen MR) is 89.1 cm³/mol. The molecule has 1 aromatic rings. The van der Waals surface area contributed by atoms with Crippen molar-refractivity contribution in [1.29, 1.82) is 0 Å². The van der Waals surface area contributed by atoms with E-state index in [1.807, 2.05) is 11.7 Å². The van der Waals surface area contributed by atoms with Crippen molar-refractivity contribution in [3.8, 4) is 0 Å². The predicted octanol–water partition coefficient (Wildman–Crippen LogP) is 2.91. The number of aryl methyl sites for hydroxylation is 2. The number of aromatic nitrogens is 2. The van der Waals surface area contributed by atoms with Crippen molar-refractivity contribution < 1.29 is 4.74 Å². The van der Waals surface area contributed by atoms with E-state index in [-0.39, 0.29) is 0 Å². The van der Waals surface area contributed by atoms with E-state index in [1.54, 1.807) is 0 Å². The zero-order valence-corrected chi connectivity index (χ0v) is 14.8. The number of hydrogen-bond acceptors (Lipinski definition) is 3. The van der Waals surface area contributed by atoms with Crippen LogP contribution in [0.3, 0.4) is 0 Å². The highest BCUT2D eigenvalue weighted by Gasteiger charge is 2.58. The van der Waals surface area contributed by atoms with Gasteiger partial charge in [-0.1, -0.05) is 6.42 Å². The summed E-state index contributed by atoms with van der Waals surface area (Å²) in [4.78, 5) is 0. The molecule has 0 aliphatic heterocycles. The van der Waals surface area contributed by atoms with Gasteiger partial charge < -0.3 is 10.1 Å². The maximum Gasteiger partial charge on any atom is 0.0661 e. The fourth-order valence-electron chi connectivity index (χ4n) is 4.49. The lowest BCUT2D eigenvalue weighted by molar-refractivity contribution is -0.174. The molecule has 4 heteroatoms. The Balaban J connectivity index is 1.60. The van der Waals surface area contributed by atoms with Crippen molar-refractivity contribution in [2.24, 2.45) is 12.5 Å². The van der Waals surface area contributed by atoms with Gasteiger partial charge in [-0.25, -0.2) is 0 Å². The van der Waals surface area contributed by atoms with Gasteiger partial charge in [0.2, 0.25) is 0 Å². The normalized spacial score (nSPS) is 27.5. The molecule has 2 saturated carbocycles. The first-order valence-electron chi connectivity index (χ1n) is 8.84. The van der Waals surface area contributed by atoms with Gasteiger partial charge in [-0.05, 0) is 58.9 Å². The van der Waals surface area contributed by atoms with Crippen LogP contribution in [0.25, 0.3) is 0 Å². The quantitative estimate of drug-likeness (QED) is 0.878. The molecule has 4 nitrogen and oxygen atoms in total. The number of ether oxygens (including phenoxy) is 1. The second-order valence-electron chi connectivity index (χ2n) is 7.36. The van der Waals surface area contributed by atoms with E-state index in [4.69, 9.17) is 4.74 Å². The van der Waals surface area contributed by atoms with Gasteiger partial charge in [-0.15, -0.1) is 0 Å². The minimum absolute atomic E-state index is 0.448. The molecule has 0 saturated heterocycles. The lowest BCUT2D eigenvalue weighted by Crippen LogP contribution is -2.68. The number of hydrogen-bond donors (Lipinski definition) is 1. The van der Waals surface area contributed by atoms with Crippen molar-refractivity contribution in [1.82, 2.24) is 15.1 Å². The van der Waals surface area contributed by atoms with E-state index < -0.39 is 0 Å². The summed E-state index contributed by atoms with van der Waals surface area (Å²) in [5.41, 5.74) is 4.33. The zero-order valence-electron chi connectivity index (χ0n) is 14.8. The van der Waals surface area contributed by atoms with Gasteiger partial charge in [-0.3, -0.25) is 4.68 Å². The minimum Gasteiger partial charge on any atom is -0.378 e. The molecular formula is C18H31N3O. The largest absolute Gasteiger partial charge is 0.378 e. The van der Waals surface area contributed by atoms with Crippen LogP contribution in [0.2, 0.25) is 0 Å². The van der Waals surface area contributed by atoms with Crippen LogP contribution < -0.4 is 5.32 Å². The molecule has 3 atom stereocenters. The van der Waals surface area contributed by atoms with Gasteiger partial charge in [0.25, 0.3) is 0 Å². The monoisotopic (exact) mass is 305 g/mol. The Morgan fingerprint density at radius 3 is 2.64 bits per heavy atom. The van der Waals surface area contributed by atoms with Crippen LogP contribution in [0.15, 0.2) is 0 Å². The topological polar surface area (TPSA) is 39.1 Å². The van der Waals surface area contributed by atoms with Gasteiger partial charge in [0.1, 0.15) is 0 Å². The van der Waals surface area contributed by atoms with Gasteiger partial charge in [0.15, 0.2) is 0 Å². The molecule has 2 aliphatic carbocycles. The van der Waals surface area contributed by atoms with Crippen LogP contribution in [-0.2, 0) is 18.2 Å². The summed E-state index contributed by atoms with van der Waals surface area (Å²) in [6.07, 6.45) is 6.80. The van der Waals surface area contributed by atoms with Crippen molar-refractivity contribution in [2.75, 3.05) is 6.61 Å². The molecule has 22 heavy (non-hydrogen) atoms. The van der Waals surface area contributed by atoms with Crippen molar-refractivity contribution in [2.45, 2.75) is 78.0 Å². The van der Waals surface area contributed by atoms with Crippen LogP contribution in [-0.4, -0.2) is 34.6 Å². The van der Waals surface area contributed by atoms with Gasteiger partial charge >= 0.3 is 0 Å². The van der Waals surface area contributed by atoms with Crippen LogP contribution >= 0.6 is 0 Å². The zero-order chi connectivity index (χ0) is 15.9. The second kappa shape index (κ2) is 5.97. The summed E-state index contributed by atoms with van der Waals surface area (Å²) >= 11 is 0. The molecule has 0 amide bonds. The number of nitrogens with zero attached hydrogens (tertiary/aromatic N) is 2. The van der Waals surface area contributed by atoms with E-state index in [0.29, 0.717) is 23.6 Å². The molecular weight excluding hydrogens is 274 g/mol. The van der Waals surface area contributed by atoms with Crippen LogP contribution in [0.1, 0.15) is 56.5 Å².